The van der Waals surface area contributed by atoms with Gasteiger partial charge in [-0.15, -0.1) is 0 Å². The maximum absolute atomic E-state index is 13.1. The van der Waals surface area contributed by atoms with E-state index in [1.807, 2.05) is 13.0 Å². The molecular weight excluding hydrogens is 333 g/mol. The van der Waals surface area contributed by atoms with Crippen molar-refractivity contribution in [1.82, 2.24) is 9.97 Å². The fourth-order valence-electron chi connectivity index (χ4n) is 2.15. The first-order valence-electron chi connectivity index (χ1n) is 7.64. The lowest BCUT2D eigenvalue weighted by Crippen LogP contribution is -2.21. The van der Waals surface area contributed by atoms with Crippen LogP contribution in [0.15, 0.2) is 30.5 Å². The van der Waals surface area contributed by atoms with Gasteiger partial charge in [0.1, 0.15) is 5.56 Å². The van der Waals surface area contributed by atoms with Gasteiger partial charge in [0.05, 0.1) is 17.7 Å². The zero-order chi connectivity index (χ0) is 18.6. The number of benzene rings is 1. The van der Waals surface area contributed by atoms with E-state index in [0.717, 1.165) is 6.20 Å². The van der Waals surface area contributed by atoms with Gasteiger partial charge < -0.3 is 9.64 Å². The van der Waals surface area contributed by atoms with Crippen LogP contribution >= 0.6 is 0 Å². The summed E-state index contributed by atoms with van der Waals surface area (Å²) in [6.07, 6.45) is -4.34. The van der Waals surface area contributed by atoms with Gasteiger partial charge in [-0.25, -0.2) is 4.98 Å². The first-order chi connectivity index (χ1) is 11.8. The molecule has 0 saturated heterocycles. The van der Waals surface area contributed by atoms with Crippen molar-refractivity contribution in [1.29, 1.82) is 5.26 Å². The van der Waals surface area contributed by atoms with Crippen LogP contribution in [0.1, 0.15) is 31.9 Å². The molecule has 0 spiro atoms. The monoisotopic (exact) mass is 350 g/mol. The molecular formula is C17H17F3N4O. The van der Waals surface area contributed by atoms with Crippen molar-refractivity contribution >= 4 is 11.6 Å². The van der Waals surface area contributed by atoms with E-state index < -0.39 is 23.7 Å². The van der Waals surface area contributed by atoms with E-state index in [1.165, 1.54) is 0 Å². The average molecular weight is 350 g/mol. The number of ether oxygens (including phenoxy) is 1. The summed E-state index contributed by atoms with van der Waals surface area (Å²) in [6.45, 7) is 5.50. The van der Waals surface area contributed by atoms with E-state index in [1.54, 1.807) is 43.0 Å². The summed E-state index contributed by atoms with van der Waals surface area (Å²) in [6, 6.07) is 8.62. The second-order valence-electron chi connectivity index (χ2n) is 5.46. The molecule has 1 aromatic heterocycles. The minimum atomic E-state index is -4.60. The van der Waals surface area contributed by atoms with Crippen LogP contribution in [-0.2, 0) is 6.18 Å². The lowest BCUT2D eigenvalue weighted by Gasteiger charge is -2.23. The largest absolute Gasteiger partial charge is 0.474 e. The Hall–Kier alpha value is -2.82. The Kier molecular flexibility index (Phi) is 5.47. The number of rotatable bonds is 5. The third kappa shape index (κ3) is 4.38. The van der Waals surface area contributed by atoms with Crippen molar-refractivity contribution in [2.75, 3.05) is 11.4 Å². The molecule has 1 heterocycles. The molecule has 0 aliphatic heterocycles. The first-order valence-corrected chi connectivity index (χ1v) is 7.64. The van der Waals surface area contributed by atoms with Crippen LogP contribution in [0.2, 0.25) is 0 Å². The van der Waals surface area contributed by atoms with Crippen molar-refractivity contribution < 1.29 is 17.9 Å². The summed E-state index contributed by atoms with van der Waals surface area (Å²) in [5, 5.41) is 8.86. The maximum atomic E-state index is 13.1. The molecule has 1 aromatic carbocycles. The van der Waals surface area contributed by atoms with Gasteiger partial charge in [0.25, 0.3) is 0 Å². The molecule has 5 nitrogen and oxygen atoms in total. The average Bonchev–Trinajstić information content (AvgIpc) is 2.54. The minimum Gasteiger partial charge on any atom is -0.474 e. The van der Waals surface area contributed by atoms with E-state index in [2.05, 4.69) is 9.97 Å². The van der Waals surface area contributed by atoms with Gasteiger partial charge in [0, 0.05) is 18.4 Å². The number of alkyl halides is 3. The second-order valence-corrected chi connectivity index (χ2v) is 5.46. The molecule has 0 bridgehead atoms. The lowest BCUT2D eigenvalue weighted by molar-refractivity contribution is -0.139. The van der Waals surface area contributed by atoms with Crippen molar-refractivity contribution in [2.45, 2.75) is 33.1 Å². The van der Waals surface area contributed by atoms with Crippen molar-refractivity contribution in [3.05, 3.63) is 41.6 Å². The van der Waals surface area contributed by atoms with E-state index in [9.17, 15) is 13.2 Å². The van der Waals surface area contributed by atoms with Crippen LogP contribution in [0, 0.1) is 11.3 Å². The highest BCUT2D eigenvalue weighted by atomic mass is 19.4. The third-order valence-electron chi connectivity index (χ3n) is 3.26. The molecule has 0 saturated carbocycles. The highest BCUT2D eigenvalue weighted by Gasteiger charge is 2.37. The molecule has 0 aliphatic rings. The van der Waals surface area contributed by atoms with Crippen LogP contribution in [0.4, 0.5) is 24.8 Å². The maximum Gasteiger partial charge on any atom is 0.423 e. The molecule has 8 heteroatoms. The number of hydrogen-bond donors (Lipinski definition) is 0. The molecule has 0 atom stereocenters. The van der Waals surface area contributed by atoms with Crippen LogP contribution in [0.25, 0.3) is 0 Å². The molecule has 2 rings (SSSR count). The third-order valence-corrected chi connectivity index (χ3v) is 3.26. The molecule has 2 aromatic rings. The van der Waals surface area contributed by atoms with Gasteiger partial charge in [0.2, 0.25) is 11.8 Å². The standard InChI is InChI=1S/C17H17F3N4O/c1-4-24(13-7-5-12(9-21)6-8-13)16-22-10-14(17(18,19)20)15(23-16)25-11(2)3/h5-8,10-11H,4H2,1-3H3. The SMILES string of the molecule is CCN(c1ccc(C#N)cc1)c1ncc(C(F)(F)F)c(OC(C)C)n1. The predicted octanol–water partition coefficient (Wildman–Crippen LogP) is 4.31. The Bertz CT molecular complexity index is 767. The fourth-order valence-corrected chi connectivity index (χ4v) is 2.15. The van der Waals surface area contributed by atoms with E-state index in [0.29, 0.717) is 17.8 Å². The van der Waals surface area contributed by atoms with Crippen molar-refractivity contribution in [2.24, 2.45) is 0 Å². The quantitative estimate of drug-likeness (QED) is 0.804. The zero-order valence-electron chi connectivity index (χ0n) is 14.0. The Morgan fingerprint density at radius 2 is 1.88 bits per heavy atom. The molecule has 0 N–H and O–H groups in total. The van der Waals surface area contributed by atoms with Gasteiger partial charge in [-0.1, -0.05) is 0 Å². The predicted molar refractivity (Wildman–Crippen MR) is 86.6 cm³/mol. The Morgan fingerprint density at radius 1 is 1.24 bits per heavy atom. The van der Waals surface area contributed by atoms with Crippen LogP contribution in [0.5, 0.6) is 5.88 Å². The zero-order valence-corrected chi connectivity index (χ0v) is 14.0. The van der Waals surface area contributed by atoms with Gasteiger partial charge >= 0.3 is 6.18 Å². The van der Waals surface area contributed by atoms with Crippen molar-refractivity contribution in [3.8, 4) is 11.9 Å². The number of anilines is 2. The van der Waals surface area contributed by atoms with E-state index in [-0.39, 0.29) is 5.95 Å². The first kappa shape index (κ1) is 18.5. The minimum absolute atomic E-state index is 0.0934. The number of nitriles is 1. The fraction of sp³-hybridized carbons (Fsp3) is 0.353. The van der Waals surface area contributed by atoms with Crippen LogP contribution in [0.3, 0.4) is 0 Å². The normalized spacial score (nSPS) is 11.3. The topological polar surface area (TPSA) is 62.0 Å². The Morgan fingerprint density at radius 3 is 2.36 bits per heavy atom. The summed E-state index contributed by atoms with van der Waals surface area (Å²) in [4.78, 5) is 9.46. The van der Waals surface area contributed by atoms with Gasteiger partial charge in [0.15, 0.2) is 0 Å². The van der Waals surface area contributed by atoms with E-state index in [4.69, 9.17) is 10.00 Å². The summed E-state index contributed by atoms with van der Waals surface area (Å²) in [5.74, 6) is -0.407. The highest BCUT2D eigenvalue weighted by molar-refractivity contribution is 5.59. The number of nitrogens with zero attached hydrogens (tertiary/aromatic N) is 4. The second kappa shape index (κ2) is 7.38. The van der Waals surface area contributed by atoms with Crippen LogP contribution in [-0.4, -0.2) is 22.6 Å². The molecule has 25 heavy (non-hydrogen) atoms. The van der Waals surface area contributed by atoms with E-state index >= 15 is 0 Å². The molecule has 0 fully saturated rings. The lowest BCUT2D eigenvalue weighted by atomic mass is 10.2. The smallest absolute Gasteiger partial charge is 0.423 e. The number of halogens is 3. The van der Waals surface area contributed by atoms with Gasteiger partial charge in [-0.05, 0) is 45.0 Å². The Labute approximate surface area is 143 Å². The molecule has 132 valence electrons. The van der Waals surface area contributed by atoms with Gasteiger partial charge in [-0.3, -0.25) is 0 Å². The summed E-state index contributed by atoms with van der Waals surface area (Å²) in [5.41, 5.74) is 0.134. The summed E-state index contributed by atoms with van der Waals surface area (Å²) < 4.78 is 44.6. The molecule has 0 aliphatic carbocycles. The number of aromatic nitrogens is 2. The van der Waals surface area contributed by atoms with Crippen molar-refractivity contribution in [3.63, 3.8) is 0 Å². The molecule has 0 unspecified atom stereocenters. The van der Waals surface area contributed by atoms with Crippen LogP contribution < -0.4 is 9.64 Å². The van der Waals surface area contributed by atoms with Gasteiger partial charge in [-0.2, -0.15) is 23.4 Å². The Balaban J connectivity index is 2.46. The molecule has 0 radical (unpaired) electrons. The number of hydrogen-bond acceptors (Lipinski definition) is 5. The summed E-state index contributed by atoms with van der Waals surface area (Å²) in [7, 11) is 0. The summed E-state index contributed by atoms with van der Waals surface area (Å²) >= 11 is 0. The highest BCUT2D eigenvalue weighted by Crippen LogP contribution is 2.36. The molecule has 0 amide bonds.